The molecule has 6 nitrogen and oxygen atoms in total. The minimum absolute atomic E-state index is 0.362. The van der Waals surface area contributed by atoms with Gasteiger partial charge in [0.25, 0.3) is 0 Å². The molecule has 0 spiro atoms. The van der Waals surface area contributed by atoms with E-state index in [4.69, 9.17) is 0 Å². The molecule has 3 N–H and O–H groups in total. The van der Waals surface area contributed by atoms with Gasteiger partial charge >= 0.3 is 12.1 Å². The number of nitrogens with one attached hydrogen (secondary N) is 3. The normalized spacial score (nSPS) is 9.73. The predicted molar refractivity (Wildman–Crippen MR) is 86.3 cm³/mol. The number of amides is 3. The molecule has 0 saturated heterocycles. The topological polar surface area (TPSA) is 79.5 Å². The van der Waals surface area contributed by atoms with E-state index >= 15 is 0 Å². The largest absolute Gasteiger partial charge is 0.453 e. The van der Waals surface area contributed by atoms with Gasteiger partial charge in [-0.3, -0.25) is 5.32 Å². The second kappa shape index (κ2) is 7.12. The van der Waals surface area contributed by atoms with E-state index in [0.29, 0.717) is 17.1 Å². The molecule has 0 aliphatic carbocycles. The van der Waals surface area contributed by atoms with Crippen molar-refractivity contribution in [3.8, 4) is 0 Å². The van der Waals surface area contributed by atoms with Crippen molar-refractivity contribution < 1.29 is 14.3 Å². The third kappa shape index (κ3) is 4.24. The van der Waals surface area contributed by atoms with Crippen LogP contribution in [-0.2, 0) is 4.74 Å². The molecule has 22 heavy (non-hydrogen) atoms. The lowest BCUT2D eigenvalue weighted by atomic mass is 10.2. The Kier molecular flexibility index (Phi) is 4.98. The second-order valence-electron chi connectivity index (χ2n) is 4.59. The van der Waals surface area contributed by atoms with E-state index in [1.165, 1.54) is 7.11 Å². The van der Waals surface area contributed by atoms with Crippen molar-refractivity contribution in [2.45, 2.75) is 6.92 Å². The Bertz CT molecular complexity index is 672. The maximum atomic E-state index is 11.9. The van der Waals surface area contributed by atoms with Crippen LogP contribution in [0.25, 0.3) is 0 Å². The summed E-state index contributed by atoms with van der Waals surface area (Å²) < 4.78 is 4.56. The van der Waals surface area contributed by atoms with Crippen molar-refractivity contribution in [2.75, 3.05) is 23.1 Å². The van der Waals surface area contributed by atoms with Gasteiger partial charge in [-0.1, -0.05) is 24.3 Å². The second-order valence-corrected chi connectivity index (χ2v) is 4.59. The molecule has 0 radical (unpaired) electrons. The summed E-state index contributed by atoms with van der Waals surface area (Å²) in [7, 11) is 1.29. The highest BCUT2D eigenvalue weighted by atomic mass is 16.5. The summed E-state index contributed by atoms with van der Waals surface area (Å²) in [5.41, 5.74) is 2.69. The van der Waals surface area contributed by atoms with Crippen LogP contribution < -0.4 is 16.0 Å². The number of methoxy groups -OCH3 is 1. The van der Waals surface area contributed by atoms with Gasteiger partial charge in [-0.25, -0.2) is 9.59 Å². The molecule has 2 aromatic carbocycles. The van der Waals surface area contributed by atoms with Gasteiger partial charge in [-0.05, 0) is 36.8 Å². The van der Waals surface area contributed by atoms with Crippen LogP contribution in [0.2, 0.25) is 0 Å². The van der Waals surface area contributed by atoms with Gasteiger partial charge in [0.05, 0.1) is 7.11 Å². The van der Waals surface area contributed by atoms with Crippen LogP contribution >= 0.6 is 0 Å². The van der Waals surface area contributed by atoms with Crippen molar-refractivity contribution in [3.05, 3.63) is 54.1 Å². The maximum absolute atomic E-state index is 11.9. The van der Waals surface area contributed by atoms with E-state index < -0.39 is 6.09 Å². The van der Waals surface area contributed by atoms with E-state index in [0.717, 1.165) is 5.56 Å². The third-order valence-corrected chi connectivity index (χ3v) is 2.95. The smallest absolute Gasteiger partial charge is 0.411 e. The fourth-order valence-electron chi connectivity index (χ4n) is 1.81. The molecule has 2 aromatic rings. The number of ether oxygens (including phenoxy) is 1. The van der Waals surface area contributed by atoms with E-state index in [1.54, 1.807) is 30.3 Å². The summed E-state index contributed by atoms with van der Waals surface area (Å²) in [4.78, 5) is 23.2. The SMILES string of the molecule is COC(=O)Nc1cc(NC(=O)Nc2ccccc2)ccc1C. The van der Waals surface area contributed by atoms with Gasteiger partial charge in [0.2, 0.25) is 0 Å². The number of benzene rings is 2. The maximum Gasteiger partial charge on any atom is 0.411 e. The minimum atomic E-state index is -0.561. The van der Waals surface area contributed by atoms with E-state index in [-0.39, 0.29) is 6.03 Å². The van der Waals surface area contributed by atoms with E-state index in [2.05, 4.69) is 20.7 Å². The summed E-state index contributed by atoms with van der Waals surface area (Å²) >= 11 is 0. The Labute approximate surface area is 128 Å². The van der Waals surface area contributed by atoms with Crippen LogP contribution in [0.15, 0.2) is 48.5 Å². The first-order valence-electron chi connectivity index (χ1n) is 6.67. The third-order valence-electron chi connectivity index (χ3n) is 2.95. The number of anilines is 3. The molecule has 3 amide bonds. The fourth-order valence-corrected chi connectivity index (χ4v) is 1.81. The molecular weight excluding hydrogens is 282 g/mol. The summed E-state index contributed by atoms with van der Waals surface area (Å²) in [6.07, 6.45) is -0.561. The quantitative estimate of drug-likeness (QED) is 0.806. The predicted octanol–water partition coefficient (Wildman–Crippen LogP) is 3.82. The standard InChI is InChI=1S/C16H17N3O3/c1-11-8-9-13(10-14(11)19-16(21)22-2)18-15(20)17-12-6-4-3-5-7-12/h3-10H,1-2H3,(H,19,21)(H2,17,18,20). The summed E-state index contributed by atoms with van der Waals surface area (Å²) in [5, 5.41) is 8.01. The van der Waals surface area contributed by atoms with Crippen molar-refractivity contribution in [1.82, 2.24) is 0 Å². The molecule has 2 rings (SSSR count). The molecule has 0 heterocycles. The van der Waals surface area contributed by atoms with Crippen molar-refractivity contribution >= 4 is 29.2 Å². The van der Waals surface area contributed by atoms with Gasteiger partial charge in [-0.2, -0.15) is 0 Å². The van der Waals surface area contributed by atoms with Crippen LogP contribution in [-0.4, -0.2) is 19.2 Å². The Morgan fingerprint density at radius 3 is 2.27 bits per heavy atom. The lowest BCUT2D eigenvalue weighted by Crippen LogP contribution is -2.19. The molecule has 0 fully saturated rings. The molecular formula is C16H17N3O3. The summed E-state index contributed by atoms with van der Waals surface area (Å²) in [6.45, 7) is 1.85. The zero-order valence-corrected chi connectivity index (χ0v) is 12.3. The molecule has 0 atom stereocenters. The zero-order valence-electron chi connectivity index (χ0n) is 12.3. The number of hydrogen-bond acceptors (Lipinski definition) is 3. The first-order chi connectivity index (χ1) is 10.6. The highest BCUT2D eigenvalue weighted by Gasteiger charge is 2.07. The first-order valence-corrected chi connectivity index (χ1v) is 6.67. The lowest BCUT2D eigenvalue weighted by Gasteiger charge is -2.11. The Morgan fingerprint density at radius 2 is 1.59 bits per heavy atom. The van der Waals surface area contributed by atoms with E-state index in [1.807, 2.05) is 25.1 Å². The number of urea groups is 1. The number of hydrogen-bond donors (Lipinski definition) is 3. The van der Waals surface area contributed by atoms with Gasteiger partial charge in [0.15, 0.2) is 0 Å². The summed E-state index contributed by atoms with van der Waals surface area (Å²) in [6, 6.07) is 14.0. The molecule has 0 aliphatic heterocycles. The van der Waals surface area contributed by atoms with Crippen molar-refractivity contribution in [2.24, 2.45) is 0 Å². The molecule has 0 bridgehead atoms. The molecule has 0 aromatic heterocycles. The van der Waals surface area contributed by atoms with Gasteiger partial charge < -0.3 is 15.4 Å². The van der Waals surface area contributed by atoms with E-state index in [9.17, 15) is 9.59 Å². The highest BCUT2D eigenvalue weighted by molar-refractivity contribution is 6.00. The van der Waals surface area contributed by atoms with Gasteiger partial charge in [-0.15, -0.1) is 0 Å². The summed E-state index contributed by atoms with van der Waals surface area (Å²) in [5.74, 6) is 0. The van der Waals surface area contributed by atoms with Crippen molar-refractivity contribution in [1.29, 1.82) is 0 Å². The van der Waals surface area contributed by atoms with Crippen LogP contribution in [0.1, 0.15) is 5.56 Å². The first kappa shape index (κ1) is 15.4. The van der Waals surface area contributed by atoms with Gasteiger partial charge in [0.1, 0.15) is 0 Å². The Balaban J connectivity index is 2.04. The number of carbonyl (C=O) groups excluding carboxylic acids is 2. The molecule has 0 saturated carbocycles. The molecule has 0 unspecified atom stereocenters. The molecule has 114 valence electrons. The average molecular weight is 299 g/mol. The van der Waals surface area contributed by atoms with Crippen LogP contribution in [0.5, 0.6) is 0 Å². The van der Waals surface area contributed by atoms with Crippen LogP contribution in [0.4, 0.5) is 26.7 Å². The lowest BCUT2D eigenvalue weighted by molar-refractivity contribution is 0.187. The minimum Gasteiger partial charge on any atom is -0.453 e. The fraction of sp³-hybridized carbons (Fsp3) is 0.125. The molecule has 6 heteroatoms. The average Bonchev–Trinajstić information content (AvgIpc) is 2.51. The zero-order chi connectivity index (χ0) is 15.9. The number of carbonyl (C=O) groups is 2. The Hall–Kier alpha value is -3.02. The monoisotopic (exact) mass is 299 g/mol. The van der Waals surface area contributed by atoms with Crippen LogP contribution in [0, 0.1) is 6.92 Å². The van der Waals surface area contributed by atoms with Crippen LogP contribution in [0.3, 0.4) is 0 Å². The number of aryl methyl sites for hydroxylation is 1. The highest BCUT2D eigenvalue weighted by Crippen LogP contribution is 2.20. The molecule has 0 aliphatic rings. The Morgan fingerprint density at radius 1 is 0.909 bits per heavy atom. The number of rotatable bonds is 3. The number of para-hydroxylation sites is 1. The van der Waals surface area contributed by atoms with Gasteiger partial charge in [0, 0.05) is 17.1 Å². The van der Waals surface area contributed by atoms with Crippen molar-refractivity contribution in [3.63, 3.8) is 0 Å².